The molecule has 2 aromatic rings. The minimum Gasteiger partial charge on any atom is -0.351 e. The van der Waals surface area contributed by atoms with E-state index >= 15 is 0 Å². The monoisotopic (exact) mass is 383 g/mol. The summed E-state index contributed by atoms with van der Waals surface area (Å²) in [4.78, 5) is 8.55. The van der Waals surface area contributed by atoms with Crippen molar-refractivity contribution in [3.63, 3.8) is 0 Å². The van der Waals surface area contributed by atoms with Crippen LogP contribution in [0.5, 0.6) is 0 Å². The number of aromatic amines is 1. The largest absolute Gasteiger partial charge is 0.399 e. The van der Waals surface area contributed by atoms with Crippen molar-refractivity contribution in [1.29, 1.82) is 0 Å². The summed E-state index contributed by atoms with van der Waals surface area (Å²) in [7, 11) is 0. The van der Waals surface area contributed by atoms with E-state index in [1.54, 1.807) is 13.0 Å². The van der Waals surface area contributed by atoms with Crippen molar-refractivity contribution in [2.45, 2.75) is 68.8 Å². The van der Waals surface area contributed by atoms with E-state index < -0.39 is 17.3 Å². The number of hydrogen-bond acceptors (Lipinski definition) is 4. The first-order chi connectivity index (χ1) is 12.7. The van der Waals surface area contributed by atoms with Crippen LogP contribution < -0.4 is 5.32 Å². The number of nitrogens with zero attached hydrogens (tertiary/aromatic N) is 3. The van der Waals surface area contributed by atoms with Gasteiger partial charge < -0.3 is 5.32 Å². The highest BCUT2D eigenvalue weighted by Crippen LogP contribution is 2.59. The molecule has 146 valence electrons. The maximum Gasteiger partial charge on any atom is 0.399 e. The van der Waals surface area contributed by atoms with Gasteiger partial charge in [-0.25, -0.2) is 14.4 Å². The highest BCUT2D eigenvalue weighted by Gasteiger charge is 2.66. The van der Waals surface area contributed by atoms with Gasteiger partial charge in [-0.3, -0.25) is 5.10 Å². The normalized spacial score (nSPS) is 27.4. The van der Waals surface area contributed by atoms with Gasteiger partial charge in [0, 0.05) is 17.8 Å². The summed E-state index contributed by atoms with van der Waals surface area (Å²) in [5.74, 6) is 0.337. The van der Waals surface area contributed by atoms with Gasteiger partial charge in [-0.15, -0.1) is 0 Å². The maximum atomic E-state index is 13.9. The molecular weight excluding hydrogens is 362 g/mol. The predicted octanol–water partition coefficient (Wildman–Crippen LogP) is 4.54. The zero-order chi connectivity index (χ0) is 19.3. The van der Waals surface area contributed by atoms with Crippen LogP contribution in [0.15, 0.2) is 18.5 Å². The van der Waals surface area contributed by atoms with Gasteiger partial charge in [-0.1, -0.05) is 0 Å². The summed E-state index contributed by atoms with van der Waals surface area (Å²) in [6, 6.07) is 1.63. The minimum absolute atomic E-state index is 0.0476. The van der Waals surface area contributed by atoms with Crippen molar-refractivity contribution < 1.29 is 17.6 Å². The lowest BCUT2D eigenvalue weighted by molar-refractivity contribution is -0.161. The minimum atomic E-state index is -4.33. The van der Waals surface area contributed by atoms with E-state index in [9.17, 15) is 17.6 Å². The quantitative estimate of drug-likeness (QED) is 0.761. The SMILES string of the molecule is CC1(F)CCC(Nc2nccc(-c3cn[nH]c3C3(C(F)(F)F)CC3)n2)CC1. The third-order valence-corrected chi connectivity index (χ3v) is 5.70. The van der Waals surface area contributed by atoms with Gasteiger partial charge in [0.05, 0.1) is 17.6 Å². The van der Waals surface area contributed by atoms with E-state index in [4.69, 9.17) is 0 Å². The van der Waals surface area contributed by atoms with Gasteiger partial charge in [0.2, 0.25) is 5.95 Å². The van der Waals surface area contributed by atoms with E-state index in [-0.39, 0.29) is 24.6 Å². The standard InChI is InChI=1S/C18H21F4N5/c1-16(19)5-2-11(3-6-16)25-15-23-9-4-13(26-15)12-10-24-27-14(12)17(7-8-17)18(20,21)22/h4,9-11H,2-3,5-8H2,1H3,(H,24,27)(H,23,25,26). The summed E-state index contributed by atoms with van der Waals surface area (Å²) >= 11 is 0. The average Bonchev–Trinajstić information content (AvgIpc) is 3.28. The molecule has 4 rings (SSSR count). The number of rotatable bonds is 4. The summed E-state index contributed by atoms with van der Waals surface area (Å²) in [5.41, 5.74) is -2.20. The molecule has 0 unspecified atom stereocenters. The fraction of sp³-hybridized carbons (Fsp3) is 0.611. The number of halogens is 4. The van der Waals surface area contributed by atoms with Crippen molar-refractivity contribution in [3.8, 4) is 11.3 Å². The topological polar surface area (TPSA) is 66.5 Å². The molecule has 0 amide bonds. The van der Waals surface area contributed by atoms with Gasteiger partial charge in [0.1, 0.15) is 11.1 Å². The van der Waals surface area contributed by atoms with Crippen LogP contribution in [-0.4, -0.2) is 38.1 Å². The molecule has 2 aliphatic rings. The summed E-state index contributed by atoms with van der Waals surface area (Å²) in [6.45, 7) is 1.61. The lowest BCUT2D eigenvalue weighted by Gasteiger charge is -2.31. The Labute approximate surface area is 154 Å². The number of hydrogen-bond donors (Lipinski definition) is 2. The molecule has 0 spiro atoms. The molecule has 0 aliphatic heterocycles. The highest BCUT2D eigenvalue weighted by molar-refractivity contribution is 5.65. The maximum absolute atomic E-state index is 13.9. The molecular formula is C18H21F4N5. The summed E-state index contributed by atoms with van der Waals surface area (Å²) < 4.78 is 54.4. The van der Waals surface area contributed by atoms with Crippen LogP contribution >= 0.6 is 0 Å². The van der Waals surface area contributed by atoms with Crippen LogP contribution in [0.25, 0.3) is 11.3 Å². The van der Waals surface area contributed by atoms with Gasteiger partial charge in [-0.05, 0) is 51.5 Å². The number of aromatic nitrogens is 4. The molecule has 5 nitrogen and oxygen atoms in total. The molecule has 2 N–H and O–H groups in total. The molecule has 2 fully saturated rings. The van der Waals surface area contributed by atoms with E-state index in [2.05, 4.69) is 25.5 Å². The van der Waals surface area contributed by atoms with E-state index in [1.807, 2.05) is 0 Å². The number of alkyl halides is 4. The van der Waals surface area contributed by atoms with Gasteiger partial charge in [0.15, 0.2) is 0 Å². The Bertz CT molecular complexity index is 815. The van der Waals surface area contributed by atoms with Crippen LogP contribution in [0.4, 0.5) is 23.5 Å². The Morgan fingerprint density at radius 2 is 1.89 bits per heavy atom. The summed E-state index contributed by atoms with van der Waals surface area (Å²) in [6.07, 6.45) is 0.901. The Morgan fingerprint density at radius 3 is 2.52 bits per heavy atom. The molecule has 0 bridgehead atoms. The Kier molecular flexibility index (Phi) is 4.16. The summed E-state index contributed by atoms with van der Waals surface area (Å²) in [5, 5.41) is 9.55. The van der Waals surface area contributed by atoms with Crippen LogP contribution in [0.1, 0.15) is 51.1 Å². The molecule has 9 heteroatoms. The number of anilines is 1. The second-order valence-corrected chi connectivity index (χ2v) is 7.84. The first kappa shape index (κ1) is 18.2. The second kappa shape index (κ2) is 6.17. The van der Waals surface area contributed by atoms with Crippen LogP contribution in [-0.2, 0) is 5.41 Å². The van der Waals surface area contributed by atoms with E-state index in [0.717, 1.165) is 0 Å². The fourth-order valence-corrected chi connectivity index (χ4v) is 3.77. The van der Waals surface area contributed by atoms with Gasteiger partial charge >= 0.3 is 6.18 Å². The first-order valence-corrected chi connectivity index (χ1v) is 9.10. The van der Waals surface area contributed by atoms with Crippen molar-refractivity contribution in [1.82, 2.24) is 20.2 Å². The molecule has 0 radical (unpaired) electrons. The van der Waals surface area contributed by atoms with Crippen LogP contribution in [0.2, 0.25) is 0 Å². The lowest BCUT2D eigenvalue weighted by Crippen LogP contribution is -2.33. The third-order valence-electron chi connectivity index (χ3n) is 5.70. The van der Waals surface area contributed by atoms with Crippen LogP contribution in [0.3, 0.4) is 0 Å². The zero-order valence-electron chi connectivity index (χ0n) is 14.9. The molecule has 2 aromatic heterocycles. The van der Waals surface area contributed by atoms with Crippen molar-refractivity contribution in [2.75, 3.05) is 5.32 Å². The zero-order valence-corrected chi connectivity index (χ0v) is 14.9. The average molecular weight is 383 g/mol. The third kappa shape index (κ3) is 3.39. The molecule has 2 aliphatic carbocycles. The molecule has 27 heavy (non-hydrogen) atoms. The molecule has 0 saturated heterocycles. The first-order valence-electron chi connectivity index (χ1n) is 9.10. The fourth-order valence-electron chi connectivity index (χ4n) is 3.77. The molecule has 0 atom stereocenters. The predicted molar refractivity (Wildman–Crippen MR) is 92.0 cm³/mol. The molecule has 0 aromatic carbocycles. The van der Waals surface area contributed by atoms with Crippen LogP contribution in [0, 0.1) is 0 Å². The second-order valence-electron chi connectivity index (χ2n) is 7.84. The molecule has 2 heterocycles. The Morgan fingerprint density at radius 1 is 1.19 bits per heavy atom. The van der Waals surface area contributed by atoms with E-state index in [0.29, 0.717) is 42.9 Å². The van der Waals surface area contributed by atoms with Crippen molar-refractivity contribution in [2.24, 2.45) is 0 Å². The highest BCUT2D eigenvalue weighted by atomic mass is 19.4. The lowest BCUT2D eigenvalue weighted by atomic mass is 9.85. The molecule has 2 saturated carbocycles. The van der Waals surface area contributed by atoms with Gasteiger partial charge in [-0.2, -0.15) is 18.3 Å². The smallest absolute Gasteiger partial charge is 0.351 e. The number of nitrogens with one attached hydrogen (secondary N) is 2. The number of H-pyrrole nitrogens is 1. The van der Waals surface area contributed by atoms with Crippen molar-refractivity contribution >= 4 is 5.95 Å². The van der Waals surface area contributed by atoms with Crippen molar-refractivity contribution in [3.05, 3.63) is 24.2 Å². The van der Waals surface area contributed by atoms with E-state index in [1.165, 1.54) is 12.4 Å². The van der Waals surface area contributed by atoms with Gasteiger partial charge in [0.25, 0.3) is 0 Å². The Hall–Kier alpha value is -2.19. The Balaban J connectivity index is 1.56.